The molecule has 0 spiro atoms. The lowest BCUT2D eigenvalue weighted by Gasteiger charge is -2.29. The minimum Gasteiger partial charge on any atom is -0.356 e. The molecule has 4 aromatic rings. The summed E-state index contributed by atoms with van der Waals surface area (Å²) in [4.78, 5) is 49.1. The number of aromatic amines is 1. The van der Waals surface area contributed by atoms with Crippen LogP contribution in [0, 0.1) is 17.3 Å². The molecule has 266 valence electrons. The summed E-state index contributed by atoms with van der Waals surface area (Å²) in [6.45, 7) is 3.99. The van der Waals surface area contributed by atoms with Crippen molar-refractivity contribution in [3.63, 3.8) is 0 Å². The number of nitrogens with one attached hydrogen (secondary N) is 2. The van der Waals surface area contributed by atoms with Crippen LogP contribution in [0.4, 0.5) is 20.3 Å². The number of piperidine rings is 1. The van der Waals surface area contributed by atoms with Crippen molar-refractivity contribution in [1.82, 2.24) is 25.1 Å². The summed E-state index contributed by atoms with van der Waals surface area (Å²) in [6.07, 6.45) is 5.91. The van der Waals surface area contributed by atoms with Crippen LogP contribution < -0.4 is 15.1 Å². The molecule has 3 saturated heterocycles. The van der Waals surface area contributed by atoms with Crippen LogP contribution in [0.1, 0.15) is 74.4 Å². The molecule has 3 amide bonds. The normalized spacial score (nSPS) is 27.9. The van der Waals surface area contributed by atoms with Crippen molar-refractivity contribution in [3.05, 3.63) is 59.4 Å². The van der Waals surface area contributed by atoms with Gasteiger partial charge in [-0.2, -0.15) is 5.10 Å². The molecule has 0 radical (unpaired) electrons. The first kappa shape index (κ1) is 32.3. The van der Waals surface area contributed by atoms with E-state index in [0.717, 1.165) is 77.3 Å². The average Bonchev–Trinajstić information content (AvgIpc) is 3.66. The first-order valence-electron chi connectivity index (χ1n) is 18.0. The summed E-state index contributed by atoms with van der Waals surface area (Å²) in [5.74, 6) is -2.96. The van der Waals surface area contributed by atoms with E-state index in [-0.39, 0.29) is 29.9 Å². The second kappa shape index (κ2) is 11.7. The molecule has 3 unspecified atom stereocenters. The lowest BCUT2D eigenvalue weighted by atomic mass is 9.87. The summed E-state index contributed by atoms with van der Waals surface area (Å²) in [6, 6.07) is 11.7. The van der Waals surface area contributed by atoms with Crippen molar-refractivity contribution in [2.24, 2.45) is 17.3 Å². The summed E-state index contributed by atoms with van der Waals surface area (Å²) in [5, 5.41) is 8.30. The number of ether oxygens (including phenoxy) is 1. The van der Waals surface area contributed by atoms with Gasteiger partial charge in [0, 0.05) is 91.2 Å². The molecule has 3 aliphatic heterocycles. The number of fused-ring (bicyclic) bond motifs is 3. The number of anilines is 2. The summed E-state index contributed by atoms with van der Waals surface area (Å²) in [7, 11) is 1.80. The average molecular weight is 698 g/mol. The fourth-order valence-corrected chi connectivity index (χ4v) is 8.77. The molecule has 0 bridgehead atoms. The Morgan fingerprint density at radius 2 is 1.98 bits per heavy atom. The van der Waals surface area contributed by atoms with Gasteiger partial charge in [-0.3, -0.25) is 19.7 Å². The number of halogens is 2. The third-order valence-corrected chi connectivity index (χ3v) is 12.3. The second-order valence-corrected chi connectivity index (χ2v) is 15.3. The molecule has 1 aromatic carbocycles. The van der Waals surface area contributed by atoms with Gasteiger partial charge in [-0.05, 0) is 61.4 Å². The van der Waals surface area contributed by atoms with Crippen LogP contribution in [0.5, 0.6) is 0 Å². The lowest BCUT2D eigenvalue weighted by Crippen LogP contribution is -2.39. The predicted octanol–water partition coefficient (Wildman–Crippen LogP) is 5.51. The van der Waals surface area contributed by atoms with Gasteiger partial charge in [0.2, 0.25) is 17.7 Å². The quantitative estimate of drug-likeness (QED) is 0.233. The molecule has 13 heteroatoms. The number of carbonyl (C=O) groups excluding carboxylic acids is 3. The highest BCUT2D eigenvalue weighted by atomic mass is 19.3. The number of amides is 3. The van der Waals surface area contributed by atoms with E-state index >= 15 is 0 Å². The Kier molecular flexibility index (Phi) is 7.40. The number of imide groups is 1. The van der Waals surface area contributed by atoms with Gasteiger partial charge in [-0.25, -0.2) is 18.4 Å². The molecule has 51 heavy (non-hydrogen) atoms. The molecule has 6 heterocycles. The van der Waals surface area contributed by atoms with Crippen molar-refractivity contribution in [1.29, 1.82) is 0 Å². The maximum Gasteiger partial charge on any atom is 0.258 e. The van der Waals surface area contributed by atoms with E-state index in [0.29, 0.717) is 50.3 Å². The van der Waals surface area contributed by atoms with E-state index in [1.165, 1.54) is 0 Å². The Morgan fingerprint density at radius 3 is 2.73 bits per heavy atom. The molecular weight excluding hydrogens is 656 g/mol. The second-order valence-electron chi connectivity index (χ2n) is 15.3. The number of H-pyrrole nitrogens is 1. The van der Waals surface area contributed by atoms with E-state index < -0.39 is 17.3 Å². The Labute approximate surface area is 293 Å². The van der Waals surface area contributed by atoms with Gasteiger partial charge in [0.25, 0.3) is 5.92 Å². The standard InChI is InChI=1S/C38H41F2N7O4/c1-37-18-29-26(17-30(37)38(37,39)40)35(44-47(29)34-12-14-51-34)28-15-22-4-6-24(16-27(22)42-28)45(2)33(49)10-3-21-11-13-46(20-21)31-8-5-23(19-41-31)25-7-9-32(48)43-36(25)50/h4-6,8,15-16,19,21,25,30,34,42H,3,7,9-14,17-18,20H2,1-2H3,(H,43,48,50)/t21?,25?,30-,34?,37+/m0/s1. The third-order valence-electron chi connectivity index (χ3n) is 12.3. The molecule has 1 saturated carbocycles. The van der Waals surface area contributed by atoms with Crippen molar-refractivity contribution < 1.29 is 27.9 Å². The highest BCUT2D eigenvalue weighted by Gasteiger charge is 2.78. The number of benzene rings is 1. The van der Waals surface area contributed by atoms with E-state index in [1.807, 2.05) is 41.1 Å². The highest BCUT2D eigenvalue weighted by molar-refractivity contribution is 6.01. The van der Waals surface area contributed by atoms with E-state index in [4.69, 9.17) is 9.84 Å². The zero-order valence-electron chi connectivity index (χ0n) is 28.8. The topological polar surface area (TPSA) is 125 Å². The van der Waals surface area contributed by atoms with Gasteiger partial charge in [0.15, 0.2) is 6.23 Å². The number of hydrogen-bond donors (Lipinski definition) is 2. The summed E-state index contributed by atoms with van der Waals surface area (Å²) < 4.78 is 37.2. The Bertz CT molecular complexity index is 2070. The molecule has 3 aromatic heterocycles. The van der Waals surface area contributed by atoms with Crippen LogP contribution in [0.3, 0.4) is 0 Å². The maximum atomic E-state index is 14.8. The smallest absolute Gasteiger partial charge is 0.258 e. The number of rotatable bonds is 8. The Balaban J connectivity index is 0.845. The highest BCUT2D eigenvalue weighted by Crippen LogP contribution is 2.70. The maximum absolute atomic E-state index is 14.8. The van der Waals surface area contributed by atoms with Gasteiger partial charge >= 0.3 is 0 Å². The van der Waals surface area contributed by atoms with Gasteiger partial charge in [0.05, 0.1) is 18.2 Å². The summed E-state index contributed by atoms with van der Waals surface area (Å²) in [5.41, 5.74) is 4.65. The van der Waals surface area contributed by atoms with Crippen LogP contribution >= 0.6 is 0 Å². The molecule has 5 atom stereocenters. The molecule has 11 nitrogen and oxygen atoms in total. The largest absolute Gasteiger partial charge is 0.356 e. The van der Waals surface area contributed by atoms with Gasteiger partial charge in [0.1, 0.15) is 11.5 Å². The minimum absolute atomic E-state index is 0.0352. The molecule has 9 rings (SSSR count). The van der Waals surface area contributed by atoms with E-state index in [1.54, 1.807) is 25.1 Å². The minimum atomic E-state index is -2.68. The van der Waals surface area contributed by atoms with Crippen LogP contribution in [0.15, 0.2) is 42.6 Å². The number of alkyl halides is 2. The van der Waals surface area contributed by atoms with E-state index in [2.05, 4.69) is 20.2 Å². The number of aromatic nitrogens is 4. The van der Waals surface area contributed by atoms with Crippen molar-refractivity contribution >= 4 is 40.1 Å². The first-order valence-corrected chi connectivity index (χ1v) is 18.0. The van der Waals surface area contributed by atoms with Crippen LogP contribution in [-0.4, -0.2) is 70.1 Å². The van der Waals surface area contributed by atoms with Crippen LogP contribution in [0.2, 0.25) is 0 Å². The number of pyridine rings is 1. The number of nitrogens with zero attached hydrogens (tertiary/aromatic N) is 5. The Hall–Kier alpha value is -4.65. The van der Waals surface area contributed by atoms with Crippen molar-refractivity contribution in [3.8, 4) is 11.4 Å². The van der Waals surface area contributed by atoms with Crippen LogP contribution in [0.25, 0.3) is 22.3 Å². The van der Waals surface area contributed by atoms with Crippen molar-refractivity contribution in [2.75, 3.05) is 36.5 Å². The van der Waals surface area contributed by atoms with Gasteiger partial charge in [-0.15, -0.1) is 0 Å². The van der Waals surface area contributed by atoms with Gasteiger partial charge < -0.3 is 19.5 Å². The molecule has 2 aliphatic carbocycles. The fraction of sp³-hybridized carbons (Fsp3) is 0.500. The fourth-order valence-electron chi connectivity index (χ4n) is 8.77. The van der Waals surface area contributed by atoms with Gasteiger partial charge in [-0.1, -0.05) is 19.1 Å². The molecular formula is C38H41F2N7O4. The lowest BCUT2D eigenvalue weighted by molar-refractivity contribution is -0.134. The molecule has 5 aliphatic rings. The molecule has 4 fully saturated rings. The number of carbonyl (C=O) groups is 3. The summed E-state index contributed by atoms with van der Waals surface area (Å²) >= 11 is 0. The first-order chi connectivity index (χ1) is 24.5. The number of hydrogen-bond acceptors (Lipinski definition) is 7. The van der Waals surface area contributed by atoms with E-state index in [9.17, 15) is 23.2 Å². The van der Waals surface area contributed by atoms with Crippen molar-refractivity contribution in [2.45, 2.75) is 76.4 Å². The monoisotopic (exact) mass is 697 g/mol. The third kappa shape index (κ3) is 5.25. The SMILES string of the molecule is CN(C(=O)CCC1CCN(c2ccc(C3CCC(=O)NC3=O)cn2)C1)c1ccc2cc(-c3nn(C4CCO4)c4c3C[C@@H]3C(F)(F)[C@]3(C)C4)[nH]c2c1. The Morgan fingerprint density at radius 1 is 1.14 bits per heavy atom. The zero-order valence-corrected chi connectivity index (χ0v) is 28.8. The molecule has 2 N–H and O–H groups in total. The van der Waals surface area contributed by atoms with Crippen LogP contribution in [-0.2, 0) is 32.0 Å². The predicted molar refractivity (Wildman–Crippen MR) is 185 cm³/mol. The zero-order chi connectivity index (χ0) is 35.2.